The summed E-state index contributed by atoms with van der Waals surface area (Å²) in [6, 6.07) is 5.10. The number of nitrogens with one attached hydrogen (secondary N) is 1. The molecule has 92 valence electrons. The second-order valence-corrected chi connectivity index (χ2v) is 7.22. The summed E-state index contributed by atoms with van der Waals surface area (Å²) in [5.41, 5.74) is 6.53. The predicted octanol–water partition coefficient (Wildman–Crippen LogP) is 1.99. The Kier molecular flexibility index (Phi) is 3.42. The van der Waals surface area contributed by atoms with Gasteiger partial charge in [0.25, 0.3) is 0 Å². The molecule has 0 bridgehead atoms. The van der Waals surface area contributed by atoms with Crippen molar-refractivity contribution in [1.29, 1.82) is 0 Å². The van der Waals surface area contributed by atoms with Crippen molar-refractivity contribution >= 4 is 48.8 Å². The molecule has 0 atom stereocenters. The van der Waals surface area contributed by atoms with Gasteiger partial charge in [0, 0.05) is 10.0 Å². The van der Waals surface area contributed by atoms with Crippen molar-refractivity contribution in [1.82, 2.24) is 0 Å². The quantitative estimate of drug-likeness (QED) is 0.826. The first-order chi connectivity index (χ1) is 7.90. The van der Waals surface area contributed by atoms with E-state index < -0.39 is 10.0 Å². The average molecular weight is 335 g/mol. The van der Waals surface area contributed by atoms with Gasteiger partial charge >= 0.3 is 0 Å². The Morgan fingerprint density at radius 1 is 1.47 bits per heavy atom. The third-order valence-corrected chi connectivity index (χ3v) is 5.03. The first kappa shape index (κ1) is 12.8. The lowest BCUT2D eigenvalue weighted by Crippen LogP contribution is -2.20. The van der Waals surface area contributed by atoms with Gasteiger partial charge in [-0.05, 0) is 31.0 Å². The minimum atomic E-state index is -3.29. The highest BCUT2D eigenvalue weighted by Crippen LogP contribution is 2.31. The van der Waals surface area contributed by atoms with Crippen LogP contribution in [0.2, 0.25) is 0 Å². The van der Waals surface area contributed by atoms with Crippen LogP contribution in [0.1, 0.15) is 18.4 Å². The summed E-state index contributed by atoms with van der Waals surface area (Å²) in [7, 11) is -3.29. The second kappa shape index (κ2) is 4.55. The number of hydrogen-bond acceptors (Lipinski definition) is 3. The van der Waals surface area contributed by atoms with Crippen LogP contribution < -0.4 is 10.5 Å². The van der Waals surface area contributed by atoms with E-state index in [-0.39, 0.29) is 10.2 Å². The Balaban J connectivity index is 2.35. The first-order valence-corrected chi connectivity index (χ1v) is 7.76. The normalized spacial score (nSPS) is 15.6. The minimum absolute atomic E-state index is 0.166. The van der Waals surface area contributed by atoms with Gasteiger partial charge in [0.15, 0.2) is 0 Å². The first-order valence-electron chi connectivity index (χ1n) is 5.01. The Hall–Kier alpha value is -0.660. The molecule has 0 saturated heterocycles. The van der Waals surface area contributed by atoms with E-state index in [1.165, 1.54) is 0 Å². The molecule has 2 rings (SSSR count). The van der Waals surface area contributed by atoms with Gasteiger partial charge in [-0.15, -0.1) is 0 Å². The van der Waals surface area contributed by atoms with Gasteiger partial charge in [-0.2, -0.15) is 0 Å². The SMILES string of the molecule is NC(=S)c1cc(Br)ccc1NS(=O)(=O)C1CC1. The molecule has 1 aliphatic rings. The van der Waals surface area contributed by atoms with E-state index in [9.17, 15) is 8.42 Å². The fraction of sp³-hybridized carbons (Fsp3) is 0.300. The van der Waals surface area contributed by atoms with Gasteiger partial charge in [0.05, 0.1) is 10.9 Å². The highest BCUT2D eigenvalue weighted by atomic mass is 79.9. The predicted molar refractivity (Wildman–Crippen MR) is 75.6 cm³/mol. The fourth-order valence-electron chi connectivity index (χ4n) is 1.42. The van der Waals surface area contributed by atoms with E-state index >= 15 is 0 Å². The highest BCUT2D eigenvalue weighted by Gasteiger charge is 2.36. The van der Waals surface area contributed by atoms with Crippen LogP contribution >= 0.6 is 28.1 Å². The lowest BCUT2D eigenvalue weighted by atomic mass is 10.2. The summed E-state index contributed by atoms with van der Waals surface area (Å²) in [6.45, 7) is 0. The maximum Gasteiger partial charge on any atom is 0.235 e. The van der Waals surface area contributed by atoms with Crippen LogP contribution in [0.5, 0.6) is 0 Å². The molecule has 0 aliphatic heterocycles. The zero-order valence-electron chi connectivity index (χ0n) is 8.81. The molecule has 0 amide bonds. The van der Waals surface area contributed by atoms with Crippen LogP contribution in [0.25, 0.3) is 0 Å². The van der Waals surface area contributed by atoms with Crippen LogP contribution in [0.15, 0.2) is 22.7 Å². The van der Waals surface area contributed by atoms with Crippen LogP contribution in [-0.4, -0.2) is 18.7 Å². The zero-order chi connectivity index (χ0) is 12.6. The second-order valence-electron chi connectivity index (χ2n) is 3.90. The van der Waals surface area contributed by atoms with Gasteiger partial charge in [-0.3, -0.25) is 4.72 Å². The van der Waals surface area contributed by atoms with E-state index in [0.29, 0.717) is 24.1 Å². The highest BCUT2D eigenvalue weighted by molar-refractivity contribution is 9.10. The van der Waals surface area contributed by atoms with Crippen molar-refractivity contribution in [3.63, 3.8) is 0 Å². The third-order valence-electron chi connectivity index (χ3n) is 2.46. The largest absolute Gasteiger partial charge is 0.389 e. The Bertz CT molecular complexity index is 568. The van der Waals surface area contributed by atoms with Crippen molar-refractivity contribution in [3.05, 3.63) is 28.2 Å². The fourth-order valence-corrected chi connectivity index (χ4v) is 3.36. The molecular weight excluding hydrogens is 324 g/mol. The van der Waals surface area contributed by atoms with Crippen molar-refractivity contribution < 1.29 is 8.42 Å². The van der Waals surface area contributed by atoms with Gasteiger partial charge in [0.2, 0.25) is 10.0 Å². The van der Waals surface area contributed by atoms with Gasteiger partial charge < -0.3 is 5.73 Å². The maximum absolute atomic E-state index is 11.8. The lowest BCUT2D eigenvalue weighted by molar-refractivity contribution is 0.600. The number of thiocarbonyl (C=S) groups is 1. The van der Waals surface area contributed by atoms with Crippen LogP contribution in [0.4, 0.5) is 5.69 Å². The molecule has 1 fully saturated rings. The number of benzene rings is 1. The molecule has 0 spiro atoms. The number of sulfonamides is 1. The molecule has 1 aliphatic carbocycles. The Labute approximate surface area is 114 Å². The minimum Gasteiger partial charge on any atom is -0.389 e. The molecule has 7 heteroatoms. The van der Waals surface area contributed by atoms with E-state index in [1.807, 2.05) is 0 Å². The topological polar surface area (TPSA) is 72.2 Å². The average Bonchev–Trinajstić information content (AvgIpc) is 3.03. The molecule has 3 N–H and O–H groups in total. The molecule has 17 heavy (non-hydrogen) atoms. The Morgan fingerprint density at radius 2 is 2.12 bits per heavy atom. The molecule has 1 aromatic rings. The number of anilines is 1. The summed E-state index contributed by atoms with van der Waals surface area (Å²) in [5.74, 6) is 0. The van der Waals surface area contributed by atoms with Gasteiger partial charge in [0.1, 0.15) is 4.99 Å². The number of rotatable bonds is 4. The summed E-state index contributed by atoms with van der Waals surface area (Å²) in [5, 5.41) is -0.273. The van der Waals surface area contributed by atoms with Crippen LogP contribution in [0, 0.1) is 0 Å². The lowest BCUT2D eigenvalue weighted by Gasteiger charge is -2.11. The standard InChI is InChI=1S/C10H11BrN2O2S2/c11-6-1-4-9(8(5-6)10(12)16)13-17(14,15)7-2-3-7/h1,4-5,7,13H,2-3H2,(H2,12,16). The maximum atomic E-state index is 11.8. The summed E-state index contributed by atoms with van der Waals surface area (Å²) >= 11 is 8.19. The van der Waals surface area contributed by atoms with Crippen LogP contribution in [-0.2, 0) is 10.0 Å². The molecule has 0 heterocycles. The summed E-state index contributed by atoms with van der Waals surface area (Å²) < 4.78 is 27.0. The van der Waals surface area contributed by atoms with Gasteiger partial charge in [-0.1, -0.05) is 28.1 Å². The van der Waals surface area contributed by atoms with E-state index in [0.717, 1.165) is 4.47 Å². The van der Waals surface area contributed by atoms with Crippen molar-refractivity contribution in [2.75, 3.05) is 4.72 Å². The van der Waals surface area contributed by atoms with E-state index in [4.69, 9.17) is 18.0 Å². The molecule has 1 aromatic carbocycles. The van der Waals surface area contributed by atoms with E-state index in [1.54, 1.807) is 18.2 Å². The zero-order valence-corrected chi connectivity index (χ0v) is 12.0. The number of hydrogen-bond donors (Lipinski definition) is 2. The monoisotopic (exact) mass is 334 g/mol. The summed E-state index contributed by atoms with van der Waals surface area (Å²) in [6.07, 6.45) is 1.43. The number of halogens is 1. The van der Waals surface area contributed by atoms with E-state index in [2.05, 4.69) is 20.7 Å². The van der Waals surface area contributed by atoms with Crippen molar-refractivity contribution in [2.45, 2.75) is 18.1 Å². The Morgan fingerprint density at radius 3 is 2.65 bits per heavy atom. The molecule has 1 saturated carbocycles. The molecule has 0 unspecified atom stereocenters. The van der Waals surface area contributed by atoms with Crippen LogP contribution in [0.3, 0.4) is 0 Å². The molecule has 0 aromatic heterocycles. The smallest absolute Gasteiger partial charge is 0.235 e. The molecule has 0 radical (unpaired) electrons. The third kappa shape index (κ3) is 2.97. The van der Waals surface area contributed by atoms with Crippen molar-refractivity contribution in [3.8, 4) is 0 Å². The number of nitrogens with two attached hydrogens (primary N) is 1. The van der Waals surface area contributed by atoms with Crippen molar-refractivity contribution in [2.24, 2.45) is 5.73 Å². The molecule has 4 nitrogen and oxygen atoms in total. The summed E-state index contributed by atoms with van der Waals surface area (Å²) in [4.78, 5) is 0.166. The molecular formula is C10H11BrN2O2S2. The van der Waals surface area contributed by atoms with Gasteiger partial charge in [-0.25, -0.2) is 8.42 Å².